The molecule has 1 heterocycles. The van der Waals surface area contributed by atoms with E-state index in [0.29, 0.717) is 15.9 Å². The SMILES string of the molecule is O=c1c(OCc2ccccc2)c[nH]c(CO)c1I. The van der Waals surface area contributed by atoms with Crippen molar-refractivity contribution in [1.29, 1.82) is 0 Å². The molecule has 2 N–H and O–H groups in total. The summed E-state index contributed by atoms with van der Waals surface area (Å²) in [4.78, 5) is 14.8. The van der Waals surface area contributed by atoms with Crippen molar-refractivity contribution in [3.8, 4) is 5.75 Å². The number of benzene rings is 1. The maximum atomic E-state index is 11.9. The third-order valence-electron chi connectivity index (χ3n) is 2.46. The average Bonchev–Trinajstić information content (AvgIpc) is 2.42. The van der Waals surface area contributed by atoms with Crippen LogP contribution in [0.5, 0.6) is 5.75 Å². The average molecular weight is 357 g/mol. The maximum Gasteiger partial charge on any atom is 0.237 e. The highest BCUT2D eigenvalue weighted by molar-refractivity contribution is 14.1. The van der Waals surface area contributed by atoms with Crippen LogP contribution in [0.15, 0.2) is 41.3 Å². The molecule has 0 unspecified atom stereocenters. The minimum Gasteiger partial charge on any atom is -0.483 e. The highest BCUT2D eigenvalue weighted by Gasteiger charge is 2.09. The Hall–Kier alpha value is -1.34. The number of nitrogens with one attached hydrogen (secondary N) is 1. The van der Waals surface area contributed by atoms with Crippen LogP contribution in [0, 0.1) is 3.57 Å². The number of ether oxygens (including phenoxy) is 1. The van der Waals surface area contributed by atoms with Crippen molar-refractivity contribution >= 4 is 22.6 Å². The summed E-state index contributed by atoms with van der Waals surface area (Å²) >= 11 is 1.90. The Morgan fingerprint density at radius 2 is 2.00 bits per heavy atom. The van der Waals surface area contributed by atoms with E-state index in [-0.39, 0.29) is 17.8 Å². The minimum absolute atomic E-state index is 0.188. The molecule has 0 saturated carbocycles. The van der Waals surface area contributed by atoms with Crippen molar-refractivity contribution in [3.63, 3.8) is 0 Å². The number of hydrogen-bond donors (Lipinski definition) is 2. The number of aromatic amines is 1. The fourth-order valence-electron chi connectivity index (χ4n) is 1.48. The van der Waals surface area contributed by atoms with Gasteiger partial charge in [-0.25, -0.2) is 0 Å². The van der Waals surface area contributed by atoms with Crippen molar-refractivity contribution < 1.29 is 9.84 Å². The van der Waals surface area contributed by atoms with E-state index in [1.54, 1.807) is 0 Å². The molecule has 1 aromatic carbocycles. The van der Waals surface area contributed by atoms with Gasteiger partial charge in [0, 0.05) is 6.20 Å². The van der Waals surface area contributed by atoms with E-state index in [4.69, 9.17) is 9.84 Å². The van der Waals surface area contributed by atoms with Crippen LogP contribution in [0.1, 0.15) is 11.3 Å². The lowest BCUT2D eigenvalue weighted by atomic mass is 10.2. The normalized spacial score (nSPS) is 10.3. The molecule has 0 aliphatic carbocycles. The molecular formula is C13H12INO3. The lowest BCUT2D eigenvalue weighted by Gasteiger charge is -2.07. The molecular weight excluding hydrogens is 345 g/mol. The Labute approximate surface area is 118 Å². The second-order valence-electron chi connectivity index (χ2n) is 3.71. The first-order valence-electron chi connectivity index (χ1n) is 5.40. The zero-order chi connectivity index (χ0) is 13.0. The number of H-pyrrole nitrogens is 1. The van der Waals surface area contributed by atoms with Gasteiger partial charge in [-0.1, -0.05) is 30.3 Å². The summed E-state index contributed by atoms with van der Waals surface area (Å²) in [6, 6.07) is 9.63. The molecule has 2 aromatic rings. The molecule has 5 heteroatoms. The van der Waals surface area contributed by atoms with E-state index >= 15 is 0 Å². The number of hydrogen-bond acceptors (Lipinski definition) is 3. The summed E-state index contributed by atoms with van der Waals surface area (Å²) in [7, 11) is 0. The molecule has 0 bridgehead atoms. The van der Waals surface area contributed by atoms with Crippen LogP contribution in [0.3, 0.4) is 0 Å². The van der Waals surface area contributed by atoms with Gasteiger partial charge in [0.05, 0.1) is 15.9 Å². The Balaban J connectivity index is 2.16. The van der Waals surface area contributed by atoms with E-state index in [0.717, 1.165) is 5.56 Å². The molecule has 1 aromatic heterocycles. The quantitative estimate of drug-likeness (QED) is 0.824. The first-order valence-corrected chi connectivity index (χ1v) is 6.48. The number of aliphatic hydroxyl groups excluding tert-OH is 1. The Morgan fingerprint density at radius 1 is 1.28 bits per heavy atom. The van der Waals surface area contributed by atoms with Crippen LogP contribution in [0.25, 0.3) is 0 Å². The molecule has 2 rings (SSSR count). The largest absolute Gasteiger partial charge is 0.483 e. The number of pyridine rings is 1. The summed E-state index contributed by atoms with van der Waals surface area (Å²) < 4.78 is 5.93. The molecule has 18 heavy (non-hydrogen) atoms. The van der Waals surface area contributed by atoms with Crippen molar-refractivity contribution in [1.82, 2.24) is 4.98 Å². The topological polar surface area (TPSA) is 62.3 Å². The van der Waals surface area contributed by atoms with E-state index < -0.39 is 0 Å². The van der Waals surface area contributed by atoms with Crippen LogP contribution in [-0.2, 0) is 13.2 Å². The zero-order valence-electron chi connectivity index (χ0n) is 9.52. The summed E-state index contributed by atoms with van der Waals surface area (Å²) in [5.74, 6) is 0.264. The van der Waals surface area contributed by atoms with Crippen LogP contribution >= 0.6 is 22.6 Å². The van der Waals surface area contributed by atoms with Crippen molar-refractivity contribution in [2.75, 3.05) is 0 Å². The molecule has 0 fully saturated rings. The number of halogens is 1. The molecule has 0 spiro atoms. The standard InChI is InChI=1S/C13H12INO3/c14-12-10(7-16)15-6-11(13(12)17)18-8-9-4-2-1-3-5-9/h1-6,16H,7-8H2,(H,15,17). The molecule has 4 nitrogen and oxygen atoms in total. The first-order chi connectivity index (χ1) is 8.72. The summed E-state index contributed by atoms with van der Waals surface area (Å²) in [6.45, 7) is 0.158. The fraction of sp³-hybridized carbons (Fsp3) is 0.154. The maximum absolute atomic E-state index is 11.9. The van der Waals surface area contributed by atoms with Crippen molar-refractivity contribution in [2.24, 2.45) is 0 Å². The smallest absolute Gasteiger partial charge is 0.237 e. The van der Waals surface area contributed by atoms with E-state index in [9.17, 15) is 4.79 Å². The first kappa shape index (κ1) is 13.1. The van der Waals surface area contributed by atoms with E-state index in [2.05, 4.69) is 4.98 Å². The van der Waals surface area contributed by atoms with Crippen LogP contribution in [-0.4, -0.2) is 10.1 Å². The summed E-state index contributed by atoms with van der Waals surface area (Å²) in [5, 5.41) is 9.03. The Bertz CT molecular complexity index is 581. The molecule has 0 aliphatic heterocycles. The van der Waals surface area contributed by atoms with Crippen molar-refractivity contribution in [2.45, 2.75) is 13.2 Å². The fourth-order valence-corrected chi connectivity index (χ4v) is 2.08. The van der Waals surface area contributed by atoms with Gasteiger partial charge >= 0.3 is 0 Å². The van der Waals surface area contributed by atoms with Crippen LogP contribution in [0.4, 0.5) is 0 Å². The predicted molar refractivity (Wildman–Crippen MR) is 76.5 cm³/mol. The highest BCUT2D eigenvalue weighted by atomic mass is 127. The molecule has 94 valence electrons. The minimum atomic E-state index is -0.200. The van der Waals surface area contributed by atoms with Gasteiger partial charge in [0.1, 0.15) is 6.61 Å². The molecule has 0 amide bonds. The Kier molecular flexibility index (Phi) is 4.38. The van der Waals surface area contributed by atoms with E-state index in [1.165, 1.54) is 6.20 Å². The second kappa shape index (κ2) is 6.01. The summed E-state index contributed by atoms with van der Waals surface area (Å²) in [5.41, 5.74) is 1.31. The van der Waals surface area contributed by atoms with Gasteiger partial charge in [-0.3, -0.25) is 4.79 Å². The van der Waals surface area contributed by atoms with Crippen molar-refractivity contribution in [3.05, 3.63) is 61.6 Å². The predicted octanol–water partition coefficient (Wildman–Crippen LogP) is 2.05. The van der Waals surface area contributed by atoms with Gasteiger partial charge in [-0.15, -0.1) is 0 Å². The third kappa shape index (κ3) is 2.91. The molecule has 0 saturated heterocycles. The number of rotatable bonds is 4. The van der Waals surface area contributed by atoms with Crippen LogP contribution in [0.2, 0.25) is 0 Å². The summed E-state index contributed by atoms with van der Waals surface area (Å²) in [6.07, 6.45) is 1.49. The van der Waals surface area contributed by atoms with Gasteiger partial charge in [-0.2, -0.15) is 0 Å². The second-order valence-corrected chi connectivity index (χ2v) is 4.79. The van der Waals surface area contributed by atoms with Gasteiger partial charge < -0.3 is 14.8 Å². The van der Waals surface area contributed by atoms with Crippen LogP contribution < -0.4 is 10.2 Å². The van der Waals surface area contributed by atoms with Gasteiger partial charge in [0.15, 0.2) is 5.75 Å². The number of aromatic nitrogens is 1. The van der Waals surface area contributed by atoms with Gasteiger partial charge in [-0.05, 0) is 28.2 Å². The zero-order valence-corrected chi connectivity index (χ0v) is 11.7. The molecule has 0 radical (unpaired) electrons. The monoisotopic (exact) mass is 357 g/mol. The lowest BCUT2D eigenvalue weighted by Crippen LogP contribution is -2.14. The lowest BCUT2D eigenvalue weighted by molar-refractivity contribution is 0.273. The third-order valence-corrected chi connectivity index (χ3v) is 3.60. The van der Waals surface area contributed by atoms with E-state index in [1.807, 2.05) is 52.9 Å². The molecule has 0 aliphatic rings. The van der Waals surface area contributed by atoms with Gasteiger partial charge in [0.25, 0.3) is 0 Å². The van der Waals surface area contributed by atoms with Gasteiger partial charge in [0.2, 0.25) is 5.43 Å². The highest BCUT2D eigenvalue weighted by Crippen LogP contribution is 2.12. The molecule has 0 atom stereocenters. The number of aliphatic hydroxyl groups is 1. The Morgan fingerprint density at radius 3 is 2.67 bits per heavy atom.